The van der Waals surface area contributed by atoms with Gasteiger partial charge in [0.25, 0.3) is 0 Å². The van der Waals surface area contributed by atoms with Crippen LogP contribution in [0.15, 0.2) is 48.7 Å². The lowest BCUT2D eigenvalue weighted by atomic mass is 10.2. The summed E-state index contributed by atoms with van der Waals surface area (Å²) in [6.45, 7) is 0. The number of hydrogen-bond donors (Lipinski definition) is 0. The molecule has 0 amide bonds. The zero-order chi connectivity index (χ0) is 11.8. The highest BCUT2D eigenvalue weighted by Gasteiger charge is 2.09. The van der Waals surface area contributed by atoms with Crippen molar-refractivity contribution >= 4 is 50.7 Å². The van der Waals surface area contributed by atoms with E-state index in [1.807, 2.05) is 12.1 Å². The second-order valence-corrected chi connectivity index (χ2v) is 5.96. The Balaban J connectivity index is 2.27. The van der Waals surface area contributed by atoms with Gasteiger partial charge in [-0.05, 0) is 69.4 Å². The average Bonchev–Trinajstić information content (AvgIpc) is 2.69. The lowest BCUT2D eigenvalue weighted by Crippen LogP contribution is -1.88. The fraction of sp³-hybridized carbons (Fsp3) is 0. The Morgan fingerprint density at radius 2 is 1.71 bits per heavy atom. The lowest BCUT2D eigenvalue weighted by Gasteiger charge is -2.00. The minimum Gasteiger partial charge on any atom is -0.299 e. The molecule has 4 heteroatoms. The van der Waals surface area contributed by atoms with Crippen molar-refractivity contribution in [3.63, 3.8) is 0 Å². The molecular weight excluding hydrogens is 438 g/mol. The highest BCUT2D eigenvalue weighted by Crippen LogP contribution is 2.24. The number of hydrogen-bond acceptors (Lipinski definition) is 1. The van der Waals surface area contributed by atoms with Crippen molar-refractivity contribution in [3.05, 3.63) is 55.9 Å². The molecule has 0 aliphatic carbocycles. The summed E-state index contributed by atoms with van der Waals surface area (Å²) >= 11 is 4.59. The molecule has 17 heavy (non-hydrogen) atoms. The first-order valence-corrected chi connectivity index (χ1v) is 7.30. The number of benzene rings is 1. The van der Waals surface area contributed by atoms with Gasteiger partial charge in [0.05, 0.1) is 5.52 Å². The van der Waals surface area contributed by atoms with Crippen LogP contribution in [0, 0.1) is 7.27 Å². The van der Waals surface area contributed by atoms with E-state index >= 15 is 0 Å². The van der Waals surface area contributed by atoms with Gasteiger partial charge >= 0.3 is 0 Å². The number of rotatable bonds is 1. The highest BCUT2D eigenvalue weighted by molar-refractivity contribution is 14.1. The van der Waals surface area contributed by atoms with Gasteiger partial charge in [0.15, 0.2) is 0 Å². The second-order valence-electron chi connectivity index (χ2n) is 3.69. The summed E-state index contributed by atoms with van der Waals surface area (Å²) in [4.78, 5) is 4.64. The van der Waals surface area contributed by atoms with Crippen molar-refractivity contribution in [2.24, 2.45) is 0 Å². The van der Waals surface area contributed by atoms with Gasteiger partial charge in [-0.25, -0.2) is 4.98 Å². The molecule has 2 aromatic heterocycles. The Kier molecular flexibility index (Phi) is 3.08. The largest absolute Gasteiger partial charge is 0.299 e. The zero-order valence-corrected chi connectivity index (χ0v) is 13.1. The van der Waals surface area contributed by atoms with Gasteiger partial charge in [0, 0.05) is 15.3 Å². The van der Waals surface area contributed by atoms with Crippen molar-refractivity contribution in [1.29, 1.82) is 0 Å². The molecule has 0 N–H and O–H groups in total. The van der Waals surface area contributed by atoms with Crippen LogP contribution in [0.1, 0.15) is 0 Å². The summed E-state index contributed by atoms with van der Waals surface area (Å²) in [5.74, 6) is 1.00. The third kappa shape index (κ3) is 2.08. The Labute approximate surface area is 126 Å². The molecule has 84 valence electrons. The quantitative estimate of drug-likeness (QED) is 0.513. The summed E-state index contributed by atoms with van der Waals surface area (Å²) in [6.07, 6.45) is 2.05. The van der Waals surface area contributed by atoms with E-state index in [-0.39, 0.29) is 0 Å². The van der Waals surface area contributed by atoms with Crippen LogP contribution < -0.4 is 0 Å². The minimum atomic E-state index is 1.00. The molecule has 0 spiro atoms. The van der Waals surface area contributed by atoms with Crippen LogP contribution in [-0.2, 0) is 0 Å². The lowest BCUT2D eigenvalue weighted by molar-refractivity contribution is 1.16. The molecule has 0 fully saturated rings. The van der Waals surface area contributed by atoms with E-state index in [1.165, 1.54) is 3.57 Å². The number of halogens is 2. The van der Waals surface area contributed by atoms with Crippen molar-refractivity contribution in [2.45, 2.75) is 0 Å². The van der Waals surface area contributed by atoms with Crippen LogP contribution in [0.3, 0.4) is 0 Å². The Hall–Kier alpha value is -0.630. The summed E-state index contributed by atoms with van der Waals surface area (Å²) in [5.41, 5.74) is 2.30. The maximum Gasteiger partial charge on any atom is 0.145 e. The molecular formula is C13H8I2N2. The van der Waals surface area contributed by atoms with E-state index in [0.29, 0.717) is 0 Å². The van der Waals surface area contributed by atoms with Crippen LogP contribution in [0.2, 0.25) is 0 Å². The first kappa shape index (κ1) is 11.5. The molecule has 0 radical (unpaired) electrons. The minimum absolute atomic E-state index is 1.00. The van der Waals surface area contributed by atoms with Gasteiger partial charge in [-0.15, -0.1) is 0 Å². The van der Waals surface area contributed by atoms with E-state index < -0.39 is 0 Å². The van der Waals surface area contributed by atoms with Gasteiger partial charge < -0.3 is 0 Å². The third-order valence-electron chi connectivity index (χ3n) is 2.61. The predicted molar refractivity (Wildman–Crippen MR) is 86.1 cm³/mol. The van der Waals surface area contributed by atoms with Gasteiger partial charge in [-0.3, -0.25) is 4.40 Å². The Bertz CT molecular complexity index is 671. The van der Waals surface area contributed by atoms with E-state index in [0.717, 1.165) is 20.6 Å². The van der Waals surface area contributed by atoms with Gasteiger partial charge in [-0.1, -0.05) is 18.2 Å². The molecule has 2 heterocycles. The highest BCUT2D eigenvalue weighted by atomic mass is 127. The fourth-order valence-electron chi connectivity index (χ4n) is 1.80. The molecule has 3 aromatic rings. The van der Waals surface area contributed by atoms with Crippen LogP contribution in [0.4, 0.5) is 0 Å². The van der Waals surface area contributed by atoms with E-state index in [2.05, 4.69) is 91.1 Å². The van der Waals surface area contributed by atoms with E-state index in [1.54, 1.807) is 0 Å². The predicted octanol–water partition coefficient (Wildman–Crippen LogP) is 4.21. The number of fused-ring (bicyclic) bond motifs is 1. The fourth-order valence-corrected chi connectivity index (χ4v) is 2.83. The topological polar surface area (TPSA) is 17.3 Å². The molecule has 0 bridgehead atoms. The summed E-state index contributed by atoms with van der Waals surface area (Å²) in [7, 11) is 0. The van der Waals surface area contributed by atoms with E-state index in [9.17, 15) is 0 Å². The van der Waals surface area contributed by atoms with Crippen LogP contribution in [0.25, 0.3) is 16.9 Å². The van der Waals surface area contributed by atoms with Crippen LogP contribution >= 0.6 is 45.2 Å². The smallest absolute Gasteiger partial charge is 0.145 e. The number of pyridine rings is 1. The van der Waals surface area contributed by atoms with Crippen molar-refractivity contribution in [1.82, 2.24) is 9.38 Å². The summed E-state index contributed by atoms with van der Waals surface area (Å²) < 4.78 is 4.41. The normalized spacial score (nSPS) is 10.9. The summed E-state index contributed by atoms with van der Waals surface area (Å²) in [5, 5.41) is 0. The first-order valence-electron chi connectivity index (χ1n) is 5.14. The van der Waals surface area contributed by atoms with Gasteiger partial charge in [0.2, 0.25) is 0 Å². The molecule has 0 unspecified atom stereocenters. The van der Waals surface area contributed by atoms with Crippen LogP contribution in [0.5, 0.6) is 0 Å². The number of aromatic nitrogens is 2. The maximum atomic E-state index is 4.64. The number of nitrogens with zero attached hydrogens (tertiary/aromatic N) is 2. The molecule has 2 nitrogen and oxygen atoms in total. The molecule has 0 aliphatic rings. The molecule has 3 rings (SSSR count). The number of imidazole rings is 1. The average molecular weight is 446 g/mol. The Morgan fingerprint density at radius 1 is 0.941 bits per heavy atom. The molecule has 0 aliphatic heterocycles. The molecule has 0 saturated carbocycles. The zero-order valence-electron chi connectivity index (χ0n) is 8.77. The monoisotopic (exact) mass is 446 g/mol. The standard InChI is InChI=1S/C13H8I2N2/c14-10-6-4-9(5-7-10)13-16-12(15)11-3-1-2-8-17(11)13/h1-8H. The maximum absolute atomic E-state index is 4.64. The molecule has 1 aromatic carbocycles. The van der Waals surface area contributed by atoms with Gasteiger partial charge in [-0.2, -0.15) is 0 Å². The summed E-state index contributed by atoms with van der Waals surface area (Å²) in [6, 6.07) is 14.6. The third-order valence-corrected chi connectivity index (χ3v) is 4.12. The molecule has 0 saturated heterocycles. The van der Waals surface area contributed by atoms with Crippen LogP contribution in [-0.4, -0.2) is 9.38 Å². The van der Waals surface area contributed by atoms with E-state index in [4.69, 9.17) is 0 Å². The first-order chi connectivity index (χ1) is 8.25. The van der Waals surface area contributed by atoms with Crippen molar-refractivity contribution in [3.8, 4) is 11.4 Å². The Morgan fingerprint density at radius 3 is 2.47 bits per heavy atom. The van der Waals surface area contributed by atoms with Crippen molar-refractivity contribution < 1.29 is 0 Å². The second kappa shape index (κ2) is 4.56. The molecule has 0 atom stereocenters. The van der Waals surface area contributed by atoms with Crippen molar-refractivity contribution in [2.75, 3.05) is 0 Å². The SMILES string of the molecule is Ic1ccc(-c2nc(I)c3ccccn23)cc1. The van der Waals surface area contributed by atoms with Gasteiger partial charge in [0.1, 0.15) is 9.53 Å².